The van der Waals surface area contributed by atoms with Crippen LogP contribution in [0.15, 0.2) is 79.0 Å². The van der Waals surface area contributed by atoms with Crippen LogP contribution in [-0.4, -0.2) is 46.4 Å². The molecule has 0 saturated carbocycles. The third kappa shape index (κ3) is 7.59. The lowest BCUT2D eigenvalue weighted by Gasteiger charge is -2.33. The number of hydrogen-bond donors (Lipinski definition) is 0. The molecule has 0 aliphatic carbocycles. The van der Waals surface area contributed by atoms with Crippen molar-refractivity contribution in [1.29, 1.82) is 0 Å². The Balaban J connectivity index is 0.914. The first-order chi connectivity index (χ1) is 21.7. The van der Waals surface area contributed by atoms with Gasteiger partial charge in [-0.25, -0.2) is 0 Å². The van der Waals surface area contributed by atoms with E-state index >= 15 is 0 Å². The number of hydrogen-bond acceptors (Lipinski definition) is 8. The Kier molecular flexibility index (Phi) is 8.67. The van der Waals surface area contributed by atoms with Crippen molar-refractivity contribution in [2.75, 3.05) is 24.6 Å². The van der Waals surface area contributed by atoms with Crippen LogP contribution in [0.5, 0.6) is 23.3 Å². The molecule has 2 aliphatic rings. The van der Waals surface area contributed by atoms with Gasteiger partial charge in [0.05, 0.1) is 5.56 Å². The van der Waals surface area contributed by atoms with Gasteiger partial charge in [-0.2, -0.15) is 13.2 Å². The third-order valence-corrected chi connectivity index (χ3v) is 7.77. The van der Waals surface area contributed by atoms with Crippen molar-refractivity contribution >= 4 is 11.5 Å². The molecule has 0 spiro atoms. The van der Waals surface area contributed by atoms with Gasteiger partial charge in [-0.1, -0.05) is 12.1 Å². The lowest BCUT2D eigenvalue weighted by atomic mass is 10.1. The number of piperidine rings is 1. The minimum Gasteiger partial charge on any atom is -0.490 e. The van der Waals surface area contributed by atoms with Gasteiger partial charge < -0.3 is 34.0 Å². The molecule has 6 rings (SSSR count). The van der Waals surface area contributed by atoms with E-state index < -0.39 is 16.7 Å². The summed E-state index contributed by atoms with van der Waals surface area (Å²) >= 11 is 0. The molecule has 236 valence electrons. The van der Waals surface area contributed by atoms with Crippen LogP contribution < -0.4 is 23.8 Å². The second-order valence-electron chi connectivity index (χ2n) is 10.9. The van der Waals surface area contributed by atoms with Gasteiger partial charge in [-0.15, -0.1) is 0 Å². The summed E-state index contributed by atoms with van der Waals surface area (Å²) in [7, 11) is 0. The Morgan fingerprint density at radius 1 is 0.867 bits per heavy atom. The summed E-state index contributed by atoms with van der Waals surface area (Å²) in [4.78, 5) is 16.6. The van der Waals surface area contributed by atoms with Crippen molar-refractivity contribution in [1.82, 2.24) is 9.55 Å². The number of aryl methyl sites for hydroxylation is 1. The molecule has 3 aromatic carbocycles. The molecule has 10 nitrogen and oxygen atoms in total. The number of fused-ring (bicyclic) bond motifs is 1. The minimum absolute atomic E-state index is 0.0790. The molecular weight excluding hydrogens is 593 g/mol. The first kappa shape index (κ1) is 30.1. The predicted molar refractivity (Wildman–Crippen MR) is 158 cm³/mol. The van der Waals surface area contributed by atoms with E-state index in [4.69, 9.17) is 18.9 Å². The standard InChI is InChI=1S/C32H31F3N4O6/c33-32(34,35)23-3-1-22(2-4-23)20-42-26-9-11-27(12-10-26)44-28-13-16-37(17-14-28)24-5-7-25(8-6-24)43-21-29-15-18-38-19-30(39(40)41)36-31(38)45-29/h1-12,19,28-29H,13-18,20-21H2/t29-/m0/s1. The summed E-state index contributed by atoms with van der Waals surface area (Å²) in [5.41, 5.74) is 1.06. The molecule has 0 bridgehead atoms. The average Bonchev–Trinajstić information content (AvgIpc) is 3.48. The molecule has 4 aromatic rings. The van der Waals surface area contributed by atoms with Crippen LogP contribution in [0.3, 0.4) is 0 Å². The normalized spacial score (nSPS) is 16.9. The Morgan fingerprint density at radius 2 is 1.51 bits per heavy atom. The molecule has 3 heterocycles. The van der Waals surface area contributed by atoms with Crippen molar-refractivity contribution in [3.05, 3.63) is 100 Å². The fraction of sp³-hybridized carbons (Fsp3) is 0.344. The number of aromatic nitrogens is 2. The third-order valence-electron chi connectivity index (χ3n) is 7.77. The zero-order valence-electron chi connectivity index (χ0n) is 24.2. The van der Waals surface area contributed by atoms with Crippen molar-refractivity contribution in [2.24, 2.45) is 0 Å². The van der Waals surface area contributed by atoms with Crippen molar-refractivity contribution in [3.63, 3.8) is 0 Å². The molecule has 1 aromatic heterocycles. The molecular formula is C32H31F3N4O6. The van der Waals surface area contributed by atoms with Crippen molar-refractivity contribution in [3.8, 4) is 23.3 Å². The molecule has 0 amide bonds. The highest BCUT2D eigenvalue weighted by Gasteiger charge is 2.30. The molecule has 1 atom stereocenters. The van der Waals surface area contributed by atoms with E-state index in [2.05, 4.69) is 9.88 Å². The highest BCUT2D eigenvalue weighted by molar-refractivity contribution is 5.49. The maximum absolute atomic E-state index is 12.7. The van der Waals surface area contributed by atoms with Crippen LogP contribution >= 0.6 is 0 Å². The van der Waals surface area contributed by atoms with Gasteiger partial charge in [0.1, 0.15) is 48.9 Å². The lowest BCUT2D eigenvalue weighted by Crippen LogP contribution is -2.38. The number of nitrogens with zero attached hydrogens (tertiary/aromatic N) is 4. The van der Waals surface area contributed by atoms with Gasteiger partial charge in [-0.05, 0) is 71.2 Å². The van der Waals surface area contributed by atoms with Gasteiger partial charge in [0, 0.05) is 49.6 Å². The Hall–Kier alpha value is -4.94. The molecule has 0 N–H and O–H groups in total. The summed E-state index contributed by atoms with van der Waals surface area (Å²) in [5, 5.41) is 10.9. The number of anilines is 1. The van der Waals surface area contributed by atoms with Gasteiger partial charge in [-0.3, -0.25) is 4.57 Å². The number of halogens is 3. The summed E-state index contributed by atoms with van der Waals surface area (Å²) in [6, 6.07) is 20.3. The van der Waals surface area contributed by atoms with Gasteiger partial charge in [0.25, 0.3) is 0 Å². The molecule has 2 aliphatic heterocycles. The van der Waals surface area contributed by atoms with Crippen molar-refractivity contribution in [2.45, 2.75) is 50.8 Å². The van der Waals surface area contributed by atoms with Crippen LogP contribution in [0.2, 0.25) is 0 Å². The molecule has 0 radical (unpaired) electrons. The second kappa shape index (κ2) is 13.0. The highest BCUT2D eigenvalue weighted by Crippen LogP contribution is 2.30. The van der Waals surface area contributed by atoms with E-state index in [9.17, 15) is 23.3 Å². The Bertz CT molecular complexity index is 1590. The van der Waals surface area contributed by atoms with Gasteiger partial charge in [0.2, 0.25) is 0 Å². The first-order valence-electron chi connectivity index (χ1n) is 14.6. The van der Waals surface area contributed by atoms with E-state index in [0.29, 0.717) is 36.6 Å². The number of nitro groups is 1. The van der Waals surface area contributed by atoms with Crippen LogP contribution in [0, 0.1) is 10.1 Å². The van der Waals surface area contributed by atoms with E-state index in [1.807, 2.05) is 36.4 Å². The van der Waals surface area contributed by atoms with Crippen LogP contribution in [-0.2, 0) is 19.3 Å². The second-order valence-corrected chi connectivity index (χ2v) is 10.9. The minimum atomic E-state index is -4.36. The Labute approximate surface area is 257 Å². The van der Waals surface area contributed by atoms with E-state index in [0.717, 1.165) is 49.5 Å². The molecule has 1 fully saturated rings. The summed E-state index contributed by atoms with van der Waals surface area (Å²) in [5.74, 6) is 1.83. The van der Waals surface area contributed by atoms with Crippen LogP contribution in [0.25, 0.3) is 0 Å². The SMILES string of the molecule is O=[N+]([O-])c1cn2c(n1)O[C@H](COc1ccc(N3CCC(Oc4ccc(OCc5ccc(C(F)(F)F)cc5)cc4)CC3)cc1)CC2. The number of rotatable bonds is 10. The number of alkyl halides is 3. The number of benzene rings is 3. The fourth-order valence-electron chi connectivity index (χ4n) is 5.27. The number of imidazole rings is 1. The van der Waals surface area contributed by atoms with Crippen molar-refractivity contribution < 1.29 is 37.0 Å². The lowest BCUT2D eigenvalue weighted by molar-refractivity contribution is -0.389. The summed E-state index contributed by atoms with van der Waals surface area (Å²) in [6.45, 7) is 2.74. The molecule has 0 unspecified atom stereocenters. The smallest absolute Gasteiger partial charge is 0.416 e. The van der Waals surface area contributed by atoms with Crippen LogP contribution in [0.4, 0.5) is 24.7 Å². The zero-order chi connectivity index (χ0) is 31.4. The first-order valence-corrected chi connectivity index (χ1v) is 14.6. The monoisotopic (exact) mass is 624 g/mol. The molecule has 45 heavy (non-hydrogen) atoms. The summed E-state index contributed by atoms with van der Waals surface area (Å²) in [6.07, 6.45) is -0.753. The van der Waals surface area contributed by atoms with E-state index in [-0.39, 0.29) is 30.6 Å². The average molecular weight is 625 g/mol. The summed E-state index contributed by atoms with van der Waals surface area (Å²) < 4.78 is 63.4. The fourth-order valence-corrected chi connectivity index (χ4v) is 5.27. The maximum atomic E-state index is 12.7. The number of ether oxygens (including phenoxy) is 4. The maximum Gasteiger partial charge on any atom is 0.416 e. The topological polar surface area (TPSA) is 101 Å². The van der Waals surface area contributed by atoms with Gasteiger partial charge in [0.15, 0.2) is 0 Å². The molecule has 1 saturated heterocycles. The van der Waals surface area contributed by atoms with E-state index in [1.165, 1.54) is 18.3 Å². The zero-order valence-corrected chi connectivity index (χ0v) is 24.2. The van der Waals surface area contributed by atoms with Crippen LogP contribution in [0.1, 0.15) is 30.4 Å². The van der Waals surface area contributed by atoms with Gasteiger partial charge >= 0.3 is 18.0 Å². The predicted octanol–water partition coefficient (Wildman–Crippen LogP) is 6.67. The quantitative estimate of drug-likeness (QED) is 0.143. The largest absolute Gasteiger partial charge is 0.490 e. The van der Waals surface area contributed by atoms with E-state index in [1.54, 1.807) is 16.7 Å². The Morgan fingerprint density at radius 3 is 2.18 bits per heavy atom. The molecule has 13 heteroatoms. The highest BCUT2D eigenvalue weighted by atomic mass is 19.4.